The molecule has 2 aromatic rings. The van der Waals surface area contributed by atoms with Crippen LogP contribution in [0, 0.1) is 0 Å². The third-order valence-electron chi connectivity index (χ3n) is 7.01. The Balaban J connectivity index is 1.19. The zero-order valence-electron chi connectivity index (χ0n) is 18.0. The lowest BCUT2D eigenvalue weighted by atomic mass is 9.85. The van der Waals surface area contributed by atoms with E-state index in [9.17, 15) is 9.90 Å². The molecule has 3 aliphatic heterocycles. The monoisotopic (exact) mass is 425 g/mol. The minimum absolute atomic E-state index is 0.00143. The number of carbonyl (C=O) groups is 1. The number of carbonyl (C=O) groups excluding carboxylic acids is 1. The largest absolute Gasteiger partial charge is 0.382 e. The van der Waals surface area contributed by atoms with Gasteiger partial charge in [-0.25, -0.2) is 4.98 Å². The Morgan fingerprint density at radius 2 is 1.87 bits per heavy atom. The van der Waals surface area contributed by atoms with E-state index in [0.29, 0.717) is 19.4 Å². The highest BCUT2D eigenvalue weighted by atomic mass is 16.5. The third-order valence-corrected chi connectivity index (χ3v) is 7.01. The van der Waals surface area contributed by atoms with Gasteiger partial charge in [0.2, 0.25) is 5.91 Å². The van der Waals surface area contributed by atoms with Gasteiger partial charge in [0, 0.05) is 56.0 Å². The predicted octanol–water partition coefficient (Wildman–Crippen LogP) is 1.71. The van der Waals surface area contributed by atoms with Gasteiger partial charge >= 0.3 is 0 Å². The Morgan fingerprint density at radius 1 is 1.19 bits per heavy atom. The summed E-state index contributed by atoms with van der Waals surface area (Å²) in [5.41, 5.74) is 1.06. The van der Waals surface area contributed by atoms with Crippen LogP contribution >= 0.6 is 0 Å². The summed E-state index contributed by atoms with van der Waals surface area (Å²) in [5, 5.41) is 14.3. The summed E-state index contributed by atoms with van der Waals surface area (Å²) >= 11 is 0. The normalized spacial score (nSPS) is 28.6. The number of imidazole rings is 1. The van der Waals surface area contributed by atoms with Gasteiger partial charge in [0.1, 0.15) is 11.4 Å². The number of nitrogens with zero attached hydrogens (tertiary/aromatic N) is 4. The molecule has 31 heavy (non-hydrogen) atoms. The topological polar surface area (TPSA) is 82.9 Å². The molecule has 1 aromatic carbocycles. The van der Waals surface area contributed by atoms with Crippen molar-refractivity contribution in [1.82, 2.24) is 14.5 Å². The minimum Gasteiger partial charge on any atom is -0.382 e. The van der Waals surface area contributed by atoms with Gasteiger partial charge in [-0.05, 0) is 49.9 Å². The van der Waals surface area contributed by atoms with Gasteiger partial charge in [-0.2, -0.15) is 0 Å². The van der Waals surface area contributed by atoms with Gasteiger partial charge in [-0.1, -0.05) is 0 Å². The van der Waals surface area contributed by atoms with E-state index >= 15 is 0 Å². The van der Waals surface area contributed by atoms with Crippen LogP contribution in [0.1, 0.15) is 31.5 Å². The Kier molecular flexibility index (Phi) is 5.45. The number of aromatic nitrogens is 2. The van der Waals surface area contributed by atoms with E-state index in [1.54, 1.807) is 6.20 Å². The fourth-order valence-electron chi connectivity index (χ4n) is 5.51. The van der Waals surface area contributed by atoms with E-state index in [1.807, 2.05) is 29.9 Å². The number of ether oxygens (including phenoxy) is 1. The zero-order chi connectivity index (χ0) is 21.4. The lowest BCUT2D eigenvalue weighted by Crippen LogP contribution is -2.52. The van der Waals surface area contributed by atoms with Crippen molar-refractivity contribution in [2.45, 2.75) is 43.4 Å². The first kappa shape index (κ1) is 20.5. The molecule has 0 radical (unpaired) electrons. The van der Waals surface area contributed by atoms with Crippen molar-refractivity contribution < 1.29 is 14.6 Å². The maximum atomic E-state index is 12.8. The second kappa shape index (κ2) is 8.26. The Bertz CT molecular complexity index is 908. The van der Waals surface area contributed by atoms with Crippen molar-refractivity contribution in [3.63, 3.8) is 0 Å². The molecule has 166 valence electrons. The smallest absolute Gasteiger partial charge is 0.238 e. The fourth-order valence-corrected chi connectivity index (χ4v) is 5.51. The summed E-state index contributed by atoms with van der Waals surface area (Å²) in [6, 6.07) is 8.45. The molecule has 2 N–H and O–H groups in total. The molecule has 0 saturated carbocycles. The number of hydrogen-bond donors (Lipinski definition) is 2. The van der Waals surface area contributed by atoms with E-state index in [0.717, 1.165) is 56.3 Å². The van der Waals surface area contributed by atoms with Crippen molar-refractivity contribution in [1.29, 1.82) is 0 Å². The molecule has 3 aliphatic rings. The van der Waals surface area contributed by atoms with Crippen LogP contribution in [-0.4, -0.2) is 70.4 Å². The average molecular weight is 426 g/mol. The quantitative estimate of drug-likeness (QED) is 0.759. The summed E-state index contributed by atoms with van der Waals surface area (Å²) in [4.78, 5) is 21.7. The number of benzene rings is 1. The summed E-state index contributed by atoms with van der Waals surface area (Å²) in [6.07, 6.45) is 6.88. The highest BCUT2D eigenvalue weighted by molar-refractivity contribution is 5.92. The number of piperidine rings is 1. The Hall–Kier alpha value is -2.42. The molecule has 0 spiro atoms. The van der Waals surface area contributed by atoms with Crippen LogP contribution in [0.2, 0.25) is 0 Å². The van der Waals surface area contributed by atoms with Crippen LogP contribution in [0.15, 0.2) is 36.7 Å². The number of aryl methyl sites for hydroxylation is 1. The highest BCUT2D eigenvalue weighted by Crippen LogP contribution is 2.45. The molecule has 1 amide bonds. The third kappa shape index (κ3) is 4.07. The van der Waals surface area contributed by atoms with E-state index < -0.39 is 5.60 Å². The number of rotatable bonds is 5. The molecular formula is C23H31N5O3. The second-order valence-electron chi connectivity index (χ2n) is 9.05. The van der Waals surface area contributed by atoms with E-state index in [2.05, 4.69) is 32.2 Å². The second-order valence-corrected chi connectivity index (χ2v) is 9.05. The van der Waals surface area contributed by atoms with E-state index in [-0.39, 0.29) is 18.0 Å². The zero-order valence-corrected chi connectivity index (χ0v) is 18.0. The van der Waals surface area contributed by atoms with Crippen molar-refractivity contribution in [2.24, 2.45) is 7.05 Å². The molecule has 0 aliphatic carbocycles. The summed E-state index contributed by atoms with van der Waals surface area (Å²) in [5.74, 6) is 0.729. The van der Waals surface area contributed by atoms with E-state index in [1.165, 1.54) is 0 Å². The molecule has 0 unspecified atom stereocenters. The molecule has 8 heteroatoms. The number of amides is 1. The first-order chi connectivity index (χ1) is 15.0. The molecule has 4 heterocycles. The summed E-state index contributed by atoms with van der Waals surface area (Å²) in [7, 11) is 1.92. The number of hydrogen-bond acceptors (Lipinski definition) is 6. The minimum atomic E-state index is -0.910. The summed E-state index contributed by atoms with van der Waals surface area (Å²) < 4.78 is 7.31. The molecule has 3 fully saturated rings. The lowest BCUT2D eigenvalue weighted by molar-refractivity contribution is -0.121. The molecule has 8 nitrogen and oxygen atoms in total. The molecule has 5 rings (SSSR count). The standard InChI is InChI=1S/C23H31N5O3/c1-26-9-8-24-22(26)23(30)14-19-6-7-20(15-23)28(19)16-21(29)25-17-2-4-18(5-3-17)27-10-12-31-13-11-27/h2-5,8-9,19-20,30H,6-7,10-16H2,1H3,(H,25,29)/t19-,20-/m1/s1. The first-order valence-electron chi connectivity index (χ1n) is 11.2. The number of nitrogens with one attached hydrogen (secondary N) is 1. The average Bonchev–Trinajstić information content (AvgIpc) is 3.31. The number of anilines is 2. The first-order valence-corrected chi connectivity index (χ1v) is 11.2. The van der Waals surface area contributed by atoms with Crippen molar-refractivity contribution in [2.75, 3.05) is 43.1 Å². The number of morpholine rings is 1. The van der Waals surface area contributed by atoms with Gasteiger partial charge in [0.25, 0.3) is 0 Å². The van der Waals surface area contributed by atoms with Crippen LogP contribution in [-0.2, 0) is 22.2 Å². The Morgan fingerprint density at radius 3 is 2.48 bits per heavy atom. The van der Waals surface area contributed by atoms with Crippen LogP contribution in [0.5, 0.6) is 0 Å². The summed E-state index contributed by atoms with van der Waals surface area (Å²) in [6.45, 7) is 3.66. The number of aliphatic hydroxyl groups is 1. The lowest BCUT2D eigenvalue weighted by Gasteiger charge is -2.43. The number of fused-ring (bicyclic) bond motifs is 2. The Labute approximate surface area is 182 Å². The van der Waals surface area contributed by atoms with Crippen molar-refractivity contribution >= 4 is 17.3 Å². The van der Waals surface area contributed by atoms with Crippen LogP contribution in [0.4, 0.5) is 11.4 Å². The SMILES string of the molecule is Cn1ccnc1C1(O)C[C@H]2CC[C@H](C1)N2CC(=O)Nc1ccc(N2CCOCC2)cc1. The van der Waals surface area contributed by atoms with E-state index in [4.69, 9.17) is 4.74 Å². The van der Waals surface area contributed by atoms with Crippen molar-refractivity contribution in [3.05, 3.63) is 42.5 Å². The van der Waals surface area contributed by atoms with Crippen molar-refractivity contribution in [3.8, 4) is 0 Å². The van der Waals surface area contributed by atoms with Crippen LogP contribution in [0.3, 0.4) is 0 Å². The predicted molar refractivity (Wildman–Crippen MR) is 118 cm³/mol. The van der Waals surface area contributed by atoms with Gasteiger partial charge < -0.3 is 24.6 Å². The van der Waals surface area contributed by atoms with Gasteiger partial charge in [-0.3, -0.25) is 9.69 Å². The molecule has 2 atom stereocenters. The highest BCUT2D eigenvalue weighted by Gasteiger charge is 2.50. The molecule has 2 bridgehead atoms. The molecule has 1 aromatic heterocycles. The van der Waals surface area contributed by atoms with Gasteiger partial charge in [0.15, 0.2) is 0 Å². The fraction of sp³-hybridized carbons (Fsp3) is 0.565. The maximum Gasteiger partial charge on any atom is 0.238 e. The van der Waals surface area contributed by atoms with Gasteiger partial charge in [0.05, 0.1) is 19.8 Å². The molecule has 3 saturated heterocycles. The molecular weight excluding hydrogens is 394 g/mol. The van der Waals surface area contributed by atoms with Gasteiger partial charge in [-0.15, -0.1) is 0 Å². The van der Waals surface area contributed by atoms with Crippen LogP contribution < -0.4 is 10.2 Å². The van der Waals surface area contributed by atoms with Crippen LogP contribution in [0.25, 0.3) is 0 Å². The maximum absolute atomic E-state index is 12.8.